The first-order valence-corrected chi connectivity index (χ1v) is 5.41. The highest BCUT2D eigenvalue weighted by Gasteiger charge is 2.18. The Morgan fingerprint density at radius 2 is 2.13 bits per heavy atom. The summed E-state index contributed by atoms with van der Waals surface area (Å²) >= 11 is 1.57. The van der Waals surface area contributed by atoms with E-state index in [0.717, 1.165) is 10.4 Å². The monoisotopic (exact) mass is 215 g/mol. The van der Waals surface area contributed by atoms with E-state index in [1.807, 2.05) is 18.4 Å². The Labute approximate surface area is 92.1 Å². The minimum Gasteiger partial charge on any atom is -0.240 e. The molecule has 0 N–H and O–H groups in total. The number of nitriles is 1. The van der Waals surface area contributed by atoms with Crippen molar-refractivity contribution in [2.24, 2.45) is 0 Å². The van der Waals surface area contributed by atoms with Crippen molar-refractivity contribution in [2.75, 3.05) is 0 Å². The number of nitrogens with zero attached hydrogens (tertiary/aromatic N) is 3. The molecule has 0 aliphatic carbocycles. The topological polar surface area (TPSA) is 49.6 Å². The Bertz CT molecular complexity index is 484. The molecule has 15 heavy (non-hydrogen) atoms. The third-order valence-electron chi connectivity index (χ3n) is 2.14. The van der Waals surface area contributed by atoms with Crippen molar-refractivity contribution in [3.8, 4) is 6.07 Å². The molecule has 4 heteroatoms. The van der Waals surface area contributed by atoms with Gasteiger partial charge in [0.05, 0.1) is 6.07 Å². The molecule has 2 aromatic heterocycles. The lowest BCUT2D eigenvalue weighted by molar-refractivity contribution is 0.899. The van der Waals surface area contributed by atoms with Crippen LogP contribution < -0.4 is 0 Å². The molecule has 0 amide bonds. The van der Waals surface area contributed by atoms with Gasteiger partial charge in [-0.1, -0.05) is 0 Å². The molecule has 0 radical (unpaired) electrons. The maximum Gasteiger partial charge on any atom is 0.150 e. The van der Waals surface area contributed by atoms with Crippen LogP contribution in [0.3, 0.4) is 0 Å². The fraction of sp³-hybridized carbons (Fsp3) is 0.182. The maximum absolute atomic E-state index is 9.15. The van der Waals surface area contributed by atoms with Crippen LogP contribution in [0, 0.1) is 18.3 Å². The lowest BCUT2D eigenvalue weighted by atomic mass is 10.1. The molecule has 0 spiro atoms. The molecule has 0 fully saturated rings. The summed E-state index contributed by atoms with van der Waals surface area (Å²) in [5.41, 5.74) is 1.12. The van der Waals surface area contributed by atoms with Crippen LogP contribution in [0.5, 0.6) is 0 Å². The number of hydrogen-bond donors (Lipinski definition) is 0. The summed E-state index contributed by atoms with van der Waals surface area (Å²) in [7, 11) is 0. The van der Waals surface area contributed by atoms with Crippen LogP contribution in [0.25, 0.3) is 0 Å². The van der Waals surface area contributed by atoms with Crippen LogP contribution >= 0.6 is 11.3 Å². The minimum absolute atomic E-state index is 0.341. The van der Waals surface area contributed by atoms with Crippen molar-refractivity contribution >= 4 is 11.3 Å². The number of rotatable bonds is 2. The molecule has 1 unspecified atom stereocenters. The normalized spacial score (nSPS) is 12.0. The van der Waals surface area contributed by atoms with Crippen LogP contribution in [0.4, 0.5) is 0 Å². The van der Waals surface area contributed by atoms with Crippen LogP contribution in [0.2, 0.25) is 0 Å². The van der Waals surface area contributed by atoms with Gasteiger partial charge in [0.25, 0.3) is 0 Å². The minimum atomic E-state index is -0.341. The van der Waals surface area contributed by atoms with Crippen LogP contribution in [-0.4, -0.2) is 9.97 Å². The second-order valence-corrected chi connectivity index (χ2v) is 4.08. The summed E-state index contributed by atoms with van der Waals surface area (Å²) in [5.74, 6) is 0.233. The van der Waals surface area contributed by atoms with E-state index < -0.39 is 0 Å². The van der Waals surface area contributed by atoms with Gasteiger partial charge in [0.15, 0.2) is 5.82 Å². The maximum atomic E-state index is 9.15. The van der Waals surface area contributed by atoms with E-state index in [-0.39, 0.29) is 5.92 Å². The average Bonchev–Trinajstić information content (AvgIpc) is 2.68. The smallest absolute Gasteiger partial charge is 0.150 e. The fourth-order valence-electron chi connectivity index (χ4n) is 1.37. The van der Waals surface area contributed by atoms with Crippen molar-refractivity contribution in [2.45, 2.75) is 12.8 Å². The SMILES string of the molecule is Cc1ccsc1C(C#N)c1ncccn1. The second-order valence-electron chi connectivity index (χ2n) is 3.14. The van der Waals surface area contributed by atoms with Gasteiger partial charge in [0, 0.05) is 17.3 Å². The quantitative estimate of drug-likeness (QED) is 0.773. The predicted molar refractivity (Wildman–Crippen MR) is 58.5 cm³/mol. The largest absolute Gasteiger partial charge is 0.240 e. The van der Waals surface area contributed by atoms with Gasteiger partial charge in [0.1, 0.15) is 5.92 Å². The molecular weight excluding hydrogens is 206 g/mol. The highest BCUT2D eigenvalue weighted by molar-refractivity contribution is 7.10. The molecule has 0 saturated heterocycles. The molecule has 2 heterocycles. The molecule has 0 saturated carbocycles. The molecule has 74 valence electrons. The fourth-order valence-corrected chi connectivity index (χ4v) is 2.34. The Hall–Kier alpha value is -1.73. The van der Waals surface area contributed by atoms with Crippen LogP contribution in [0.1, 0.15) is 22.2 Å². The zero-order valence-electron chi connectivity index (χ0n) is 8.21. The van der Waals surface area contributed by atoms with Crippen molar-refractivity contribution in [1.82, 2.24) is 9.97 Å². The second kappa shape index (κ2) is 4.20. The van der Waals surface area contributed by atoms with Crippen LogP contribution in [-0.2, 0) is 0 Å². The van der Waals surface area contributed by atoms with Crippen LogP contribution in [0.15, 0.2) is 29.9 Å². The van der Waals surface area contributed by atoms with Gasteiger partial charge in [-0.15, -0.1) is 11.3 Å². The van der Waals surface area contributed by atoms with E-state index >= 15 is 0 Å². The highest BCUT2D eigenvalue weighted by Crippen LogP contribution is 2.28. The number of thiophene rings is 1. The molecule has 2 rings (SSSR count). The zero-order valence-corrected chi connectivity index (χ0v) is 9.03. The van der Waals surface area contributed by atoms with Gasteiger partial charge in [-0.05, 0) is 30.0 Å². The summed E-state index contributed by atoms with van der Waals surface area (Å²) in [6, 6.07) is 6.00. The van der Waals surface area contributed by atoms with Gasteiger partial charge < -0.3 is 0 Å². The third-order valence-corrected chi connectivity index (χ3v) is 3.22. The van der Waals surface area contributed by atoms with Crippen molar-refractivity contribution in [1.29, 1.82) is 5.26 Å². The molecule has 3 nitrogen and oxygen atoms in total. The molecular formula is C11H9N3S. The first kappa shape index (κ1) is 9.81. The highest BCUT2D eigenvalue weighted by atomic mass is 32.1. The summed E-state index contributed by atoms with van der Waals surface area (Å²) < 4.78 is 0. The Morgan fingerprint density at radius 1 is 1.40 bits per heavy atom. The zero-order chi connectivity index (χ0) is 10.7. The van der Waals surface area contributed by atoms with E-state index in [4.69, 9.17) is 5.26 Å². The summed E-state index contributed by atoms with van der Waals surface area (Å²) in [6.45, 7) is 2.00. The lowest BCUT2D eigenvalue weighted by Crippen LogP contribution is -2.02. The molecule has 1 atom stereocenters. The molecule has 0 aromatic carbocycles. The van der Waals surface area contributed by atoms with Crippen molar-refractivity contribution < 1.29 is 0 Å². The van der Waals surface area contributed by atoms with Gasteiger partial charge in [-0.3, -0.25) is 0 Å². The summed E-state index contributed by atoms with van der Waals surface area (Å²) in [4.78, 5) is 9.27. The summed E-state index contributed by atoms with van der Waals surface area (Å²) in [6.07, 6.45) is 3.32. The van der Waals surface area contributed by atoms with E-state index in [1.165, 1.54) is 0 Å². The molecule has 0 aliphatic rings. The van der Waals surface area contributed by atoms with Gasteiger partial charge >= 0.3 is 0 Å². The van der Waals surface area contributed by atoms with Crippen molar-refractivity contribution in [3.05, 3.63) is 46.2 Å². The predicted octanol–water partition coefficient (Wildman–Crippen LogP) is 2.50. The Balaban J connectivity index is 2.43. The molecule has 0 bridgehead atoms. The first-order valence-electron chi connectivity index (χ1n) is 4.53. The van der Waals surface area contributed by atoms with E-state index in [0.29, 0.717) is 5.82 Å². The Kier molecular flexibility index (Phi) is 2.75. The number of hydrogen-bond acceptors (Lipinski definition) is 4. The third kappa shape index (κ3) is 1.88. The standard InChI is InChI=1S/C11H9N3S/c1-8-3-6-15-10(8)9(7-12)11-13-4-2-5-14-11/h2-6,9H,1H3. The molecule has 0 aliphatic heterocycles. The number of aryl methyl sites for hydroxylation is 1. The summed E-state index contributed by atoms with van der Waals surface area (Å²) in [5, 5.41) is 11.1. The Morgan fingerprint density at radius 3 is 2.67 bits per heavy atom. The van der Waals surface area contributed by atoms with E-state index in [2.05, 4.69) is 16.0 Å². The number of aromatic nitrogens is 2. The average molecular weight is 215 g/mol. The lowest BCUT2D eigenvalue weighted by Gasteiger charge is -2.05. The first-order chi connectivity index (χ1) is 7.33. The van der Waals surface area contributed by atoms with Gasteiger partial charge in [-0.25, -0.2) is 9.97 Å². The molecule has 2 aromatic rings. The van der Waals surface area contributed by atoms with Gasteiger partial charge in [-0.2, -0.15) is 5.26 Å². The van der Waals surface area contributed by atoms with Crippen molar-refractivity contribution in [3.63, 3.8) is 0 Å². The van der Waals surface area contributed by atoms with E-state index in [9.17, 15) is 0 Å². The van der Waals surface area contributed by atoms with E-state index in [1.54, 1.807) is 29.8 Å². The van der Waals surface area contributed by atoms with Gasteiger partial charge in [0.2, 0.25) is 0 Å².